The average Bonchev–Trinajstić information content (AvgIpc) is 2.98. The number of rotatable bonds is 10. The highest BCUT2D eigenvalue weighted by molar-refractivity contribution is 5.93. The van der Waals surface area contributed by atoms with E-state index in [-0.39, 0.29) is 18.7 Å². The fourth-order valence-corrected chi connectivity index (χ4v) is 5.07. The average molecular weight is 562 g/mol. The fourth-order valence-electron chi connectivity index (χ4n) is 5.07. The number of nitrogens with zero attached hydrogens (tertiary/aromatic N) is 3. The van der Waals surface area contributed by atoms with Gasteiger partial charge in [0.15, 0.2) is 11.6 Å². The van der Waals surface area contributed by atoms with Gasteiger partial charge in [-0.05, 0) is 66.4 Å². The molecule has 8 nitrogen and oxygen atoms in total. The van der Waals surface area contributed by atoms with Crippen LogP contribution < -0.4 is 16.2 Å². The Morgan fingerprint density at radius 1 is 1.05 bits per heavy atom. The molecular weight excluding hydrogens is 528 g/mol. The maximum absolute atomic E-state index is 13.6. The van der Waals surface area contributed by atoms with E-state index in [2.05, 4.69) is 26.6 Å². The number of hydrogen-bond acceptors (Lipinski definition) is 6. The Morgan fingerprint density at radius 3 is 2.63 bits per heavy atom. The lowest BCUT2D eigenvalue weighted by Crippen LogP contribution is -2.40. The molecule has 10 heteroatoms. The second kappa shape index (κ2) is 13.0. The van der Waals surface area contributed by atoms with Gasteiger partial charge in [-0.15, -0.1) is 0 Å². The van der Waals surface area contributed by atoms with Crippen LogP contribution in [0, 0.1) is 11.6 Å². The summed E-state index contributed by atoms with van der Waals surface area (Å²) in [6.07, 6.45) is 5.46. The maximum Gasteiger partial charge on any atom is 0.263 e. The van der Waals surface area contributed by atoms with Crippen LogP contribution in [-0.2, 0) is 17.8 Å². The maximum atomic E-state index is 13.6. The van der Waals surface area contributed by atoms with Gasteiger partial charge in [0.05, 0.1) is 30.6 Å². The summed E-state index contributed by atoms with van der Waals surface area (Å²) in [6, 6.07) is 14.7. The van der Waals surface area contributed by atoms with E-state index in [1.807, 2.05) is 24.4 Å². The molecule has 4 aromatic rings. The number of carbonyl (C=O) groups is 1. The van der Waals surface area contributed by atoms with Gasteiger partial charge in [-0.2, -0.15) is 0 Å². The number of hydrogen-bond donors (Lipinski definition) is 2. The first kappa shape index (κ1) is 28.4. The van der Waals surface area contributed by atoms with Crippen LogP contribution in [0.5, 0.6) is 0 Å². The third kappa shape index (κ3) is 7.14. The normalized spacial score (nSPS) is 14.3. The number of carbonyl (C=O) groups excluding carboxylic acids is 1. The Morgan fingerprint density at radius 2 is 1.85 bits per heavy atom. The van der Waals surface area contributed by atoms with Gasteiger partial charge >= 0.3 is 0 Å². The molecule has 0 saturated carbocycles. The van der Waals surface area contributed by atoms with Gasteiger partial charge in [0.1, 0.15) is 5.56 Å². The van der Waals surface area contributed by atoms with E-state index in [1.165, 1.54) is 22.9 Å². The fraction of sp³-hybridized carbons (Fsp3) is 0.323. The molecule has 1 fully saturated rings. The Labute approximate surface area is 237 Å². The van der Waals surface area contributed by atoms with Gasteiger partial charge in [0.25, 0.3) is 11.5 Å². The zero-order chi connectivity index (χ0) is 28.8. The zero-order valence-corrected chi connectivity index (χ0v) is 22.9. The van der Waals surface area contributed by atoms with Crippen molar-refractivity contribution in [2.45, 2.75) is 32.0 Å². The second-order valence-corrected chi connectivity index (χ2v) is 10.3. The molecule has 0 unspecified atom stereocenters. The first-order chi connectivity index (χ1) is 19.9. The van der Waals surface area contributed by atoms with Crippen LogP contribution in [0.25, 0.3) is 10.9 Å². The molecule has 0 atom stereocenters. The molecule has 1 saturated heterocycles. The van der Waals surface area contributed by atoms with Crippen molar-refractivity contribution in [3.63, 3.8) is 0 Å². The predicted molar refractivity (Wildman–Crippen MR) is 154 cm³/mol. The number of piperidine rings is 1. The number of benzene rings is 2. The minimum atomic E-state index is -0.989. The number of fused-ring (bicyclic) bond motifs is 1. The van der Waals surface area contributed by atoms with E-state index in [9.17, 15) is 18.4 Å². The van der Waals surface area contributed by atoms with Crippen molar-refractivity contribution in [3.05, 3.63) is 106 Å². The molecule has 2 aromatic carbocycles. The molecule has 0 aliphatic carbocycles. The first-order valence-corrected chi connectivity index (χ1v) is 13.7. The van der Waals surface area contributed by atoms with Crippen molar-refractivity contribution < 1.29 is 18.3 Å². The third-order valence-corrected chi connectivity index (χ3v) is 7.37. The molecule has 0 spiro atoms. The summed E-state index contributed by atoms with van der Waals surface area (Å²) in [5, 5.41) is 7.38. The molecule has 1 aliphatic heterocycles. The first-order valence-electron chi connectivity index (χ1n) is 13.7. The Balaban J connectivity index is 1.21. The van der Waals surface area contributed by atoms with Crippen molar-refractivity contribution in [1.82, 2.24) is 19.8 Å². The van der Waals surface area contributed by atoms with E-state index in [0.717, 1.165) is 73.4 Å². The summed E-state index contributed by atoms with van der Waals surface area (Å²) in [4.78, 5) is 32.8. The van der Waals surface area contributed by atoms with Crippen molar-refractivity contribution >= 4 is 22.5 Å². The number of methoxy groups -OCH3 is 1. The smallest absolute Gasteiger partial charge is 0.263 e. The Bertz CT molecular complexity index is 1580. The van der Waals surface area contributed by atoms with E-state index in [4.69, 9.17) is 4.74 Å². The molecule has 2 N–H and O–H groups in total. The number of ether oxygens (including phenoxy) is 1. The van der Waals surface area contributed by atoms with Gasteiger partial charge in [-0.25, -0.2) is 8.78 Å². The lowest BCUT2D eigenvalue weighted by Gasteiger charge is -2.32. The Hall–Kier alpha value is -4.15. The number of nitrogens with one attached hydrogen (secondary N) is 2. The van der Waals surface area contributed by atoms with Gasteiger partial charge in [0.2, 0.25) is 0 Å². The number of likely N-dealkylation sites (tertiary alicyclic amines) is 1. The van der Waals surface area contributed by atoms with Gasteiger partial charge in [-0.1, -0.05) is 12.1 Å². The van der Waals surface area contributed by atoms with Gasteiger partial charge < -0.3 is 24.8 Å². The summed E-state index contributed by atoms with van der Waals surface area (Å²) >= 11 is 0. The monoisotopic (exact) mass is 561 g/mol. The van der Waals surface area contributed by atoms with Crippen LogP contribution in [0.4, 0.5) is 14.5 Å². The molecule has 0 bridgehead atoms. The molecule has 3 heterocycles. The van der Waals surface area contributed by atoms with Crippen LogP contribution >= 0.6 is 0 Å². The molecule has 1 aliphatic rings. The lowest BCUT2D eigenvalue weighted by molar-refractivity contribution is 0.0948. The number of amides is 1. The van der Waals surface area contributed by atoms with E-state index in [0.29, 0.717) is 11.6 Å². The minimum absolute atomic E-state index is 0.0120. The zero-order valence-electron chi connectivity index (χ0n) is 22.9. The molecule has 1 amide bonds. The Kier molecular flexibility index (Phi) is 9.01. The summed E-state index contributed by atoms with van der Waals surface area (Å²) < 4.78 is 33.3. The highest BCUT2D eigenvalue weighted by Crippen LogP contribution is 2.21. The minimum Gasteiger partial charge on any atom is -0.383 e. The molecule has 5 rings (SSSR count). The summed E-state index contributed by atoms with van der Waals surface area (Å²) in [5.41, 5.74) is 2.54. The van der Waals surface area contributed by atoms with Crippen molar-refractivity contribution in [2.75, 3.05) is 38.7 Å². The molecule has 41 heavy (non-hydrogen) atoms. The summed E-state index contributed by atoms with van der Waals surface area (Å²) in [6.45, 7) is 4.00. The molecule has 2 aromatic heterocycles. The van der Waals surface area contributed by atoms with Crippen LogP contribution in [-0.4, -0.2) is 59.8 Å². The highest BCUT2D eigenvalue weighted by Gasteiger charge is 2.19. The highest BCUT2D eigenvalue weighted by atomic mass is 19.2. The van der Waals surface area contributed by atoms with Crippen molar-refractivity contribution in [1.29, 1.82) is 0 Å². The summed E-state index contributed by atoms with van der Waals surface area (Å²) in [7, 11) is 1.73. The topological polar surface area (TPSA) is 88.5 Å². The van der Waals surface area contributed by atoms with E-state index >= 15 is 0 Å². The standard InChI is InChI=1S/C31H33F2N5O3/c1-41-14-13-37-11-8-24(9-12-37)36-25-17-23-15-21(5-7-29(23)34-19-25)18-35-30(39)26-3-2-10-38(31(26)40)20-22-4-6-27(32)28(33)16-22/h2-7,10,15-17,19,24,36H,8-9,11-14,18,20H2,1H3,(H,35,39). The largest absolute Gasteiger partial charge is 0.383 e. The van der Waals surface area contributed by atoms with E-state index < -0.39 is 23.1 Å². The molecular formula is C31H33F2N5O3. The van der Waals surface area contributed by atoms with E-state index in [1.54, 1.807) is 13.2 Å². The van der Waals surface area contributed by atoms with Crippen LogP contribution in [0.2, 0.25) is 0 Å². The van der Waals surface area contributed by atoms with Gasteiger partial charge in [0, 0.05) is 50.9 Å². The third-order valence-electron chi connectivity index (χ3n) is 7.37. The molecule has 0 radical (unpaired) electrons. The lowest BCUT2D eigenvalue weighted by atomic mass is 10.0. The van der Waals surface area contributed by atoms with Crippen LogP contribution in [0.15, 0.2) is 71.8 Å². The predicted octanol–water partition coefficient (Wildman–Crippen LogP) is 4.18. The number of halogens is 2. The van der Waals surface area contributed by atoms with Crippen LogP contribution in [0.1, 0.15) is 34.3 Å². The van der Waals surface area contributed by atoms with Crippen molar-refractivity contribution in [3.8, 4) is 0 Å². The van der Waals surface area contributed by atoms with Crippen molar-refractivity contribution in [2.24, 2.45) is 0 Å². The number of aromatic nitrogens is 2. The summed E-state index contributed by atoms with van der Waals surface area (Å²) in [5.74, 6) is -2.46. The second-order valence-electron chi connectivity index (χ2n) is 10.3. The van der Waals surface area contributed by atoms with Crippen LogP contribution in [0.3, 0.4) is 0 Å². The number of anilines is 1. The molecule has 214 valence electrons. The SMILES string of the molecule is COCCN1CCC(Nc2cnc3ccc(CNC(=O)c4cccn(Cc5ccc(F)c(F)c5)c4=O)cc3c2)CC1. The van der Waals surface area contributed by atoms with Gasteiger partial charge in [-0.3, -0.25) is 14.6 Å². The quantitative estimate of drug-likeness (QED) is 0.302. The number of pyridine rings is 2.